The maximum Gasteiger partial charge on any atom is 0.333 e. The Kier molecular flexibility index (Phi) is 6.57. The fourth-order valence-corrected chi connectivity index (χ4v) is 3.11. The maximum absolute atomic E-state index is 14.0. The van der Waals surface area contributed by atoms with Gasteiger partial charge in [0.25, 0.3) is 0 Å². The highest BCUT2D eigenvalue weighted by Crippen LogP contribution is 2.28. The summed E-state index contributed by atoms with van der Waals surface area (Å²) in [6, 6.07) is 20.2. The molecule has 0 spiro atoms. The van der Waals surface area contributed by atoms with Crippen molar-refractivity contribution in [3.63, 3.8) is 0 Å². The van der Waals surface area contributed by atoms with Gasteiger partial charge in [0.2, 0.25) is 0 Å². The molecule has 0 saturated heterocycles. The van der Waals surface area contributed by atoms with E-state index < -0.39 is 5.97 Å². The van der Waals surface area contributed by atoms with Crippen LogP contribution in [0.15, 0.2) is 78.9 Å². The third kappa shape index (κ3) is 4.98. The first kappa shape index (κ1) is 20.5. The van der Waals surface area contributed by atoms with Gasteiger partial charge in [-0.05, 0) is 53.3 Å². The van der Waals surface area contributed by atoms with Gasteiger partial charge in [-0.25, -0.2) is 9.18 Å². The van der Waals surface area contributed by atoms with Gasteiger partial charge in [0.05, 0.1) is 0 Å². The van der Waals surface area contributed by atoms with Gasteiger partial charge in [-0.2, -0.15) is 0 Å². The lowest BCUT2D eigenvalue weighted by molar-refractivity contribution is -0.140. The molecule has 0 aromatic heterocycles. The molecular weight excluding hydrogens is 367 g/mol. The molecule has 148 valence electrons. The Morgan fingerprint density at radius 3 is 2.28 bits per heavy atom. The smallest absolute Gasteiger partial charge is 0.333 e. The van der Waals surface area contributed by atoms with E-state index in [-0.39, 0.29) is 19.0 Å². The Bertz CT molecular complexity index is 1020. The monoisotopic (exact) mass is 390 g/mol. The average Bonchev–Trinajstić information content (AvgIpc) is 2.73. The molecule has 0 heterocycles. The SMILES string of the molecule is C=C(C)C(=O)OCc1cc(-c2ccc(-c3ccccc3F)cc2)ccc1CCO. The molecule has 0 fully saturated rings. The first-order valence-corrected chi connectivity index (χ1v) is 9.40. The third-order valence-corrected chi connectivity index (χ3v) is 4.70. The first-order valence-electron chi connectivity index (χ1n) is 9.40. The lowest BCUT2D eigenvalue weighted by atomic mass is 9.96. The summed E-state index contributed by atoms with van der Waals surface area (Å²) in [6.07, 6.45) is 0.479. The van der Waals surface area contributed by atoms with Crippen LogP contribution in [0.25, 0.3) is 22.3 Å². The number of ether oxygens (including phenoxy) is 1. The highest BCUT2D eigenvalue weighted by Gasteiger charge is 2.10. The number of esters is 1. The van der Waals surface area contributed by atoms with Crippen molar-refractivity contribution in [3.05, 3.63) is 95.8 Å². The summed E-state index contributed by atoms with van der Waals surface area (Å²) < 4.78 is 19.3. The van der Waals surface area contributed by atoms with Gasteiger partial charge in [-0.3, -0.25) is 0 Å². The van der Waals surface area contributed by atoms with Crippen molar-refractivity contribution in [2.75, 3.05) is 6.61 Å². The zero-order valence-electron chi connectivity index (χ0n) is 16.3. The van der Waals surface area contributed by atoms with Crippen molar-refractivity contribution >= 4 is 5.97 Å². The molecular formula is C25H23FO3. The van der Waals surface area contributed by atoms with E-state index in [0.29, 0.717) is 17.6 Å². The number of carbonyl (C=O) groups is 1. The summed E-state index contributed by atoms with van der Waals surface area (Å²) >= 11 is 0. The van der Waals surface area contributed by atoms with Gasteiger partial charge >= 0.3 is 5.97 Å². The lowest BCUT2D eigenvalue weighted by Crippen LogP contribution is -2.07. The van der Waals surface area contributed by atoms with Gasteiger partial charge in [-0.15, -0.1) is 0 Å². The van der Waals surface area contributed by atoms with Crippen LogP contribution in [-0.4, -0.2) is 17.7 Å². The van der Waals surface area contributed by atoms with Crippen molar-refractivity contribution in [2.45, 2.75) is 20.0 Å². The lowest BCUT2D eigenvalue weighted by Gasteiger charge is -2.13. The summed E-state index contributed by atoms with van der Waals surface area (Å²) in [5.41, 5.74) is 5.39. The summed E-state index contributed by atoms with van der Waals surface area (Å²) in [6.45, 7) is 5.32. The van der Waals surface area contributed by atoms with Crippen LogP contribution in [0, 0.1) is 5.82 Å². The summed E-state index contributed by atoms with van der Waals surface area (Å²) in [5.74, 6) is -0.699. The Morgan fingerprint density at radius 1 is 0.966 bits per heavy atom. The van der Waals surface area contributed by atoms with E-state index in [4.69, 9.17) is 4.74 Å². The Balaban J connectivity index is 1.88. The Hall–Kier alpha value is -3.24. The van der Waals surface area contributed by atoms with Crippen molar-refractivity contribution in [1.29, 1.82) is 0 Å². The molecule has 3 nitrogen and oxygen atoms in total. The number of aliphatic hydroxyl groups is 1. The Morgan fingerprint density at radius 2 is 1.62 bits per heavy atom. The third-order valence-electron chi connectivity index (χ3n) is 4.70. The number of halogens is 1. The normalized spacial score (nSPS) is 10.6. The van der Waals surface area contributed by atoms with Crippen molar-refractivity contribution in [3.8, 4) is 22.3 Å². The molecule has 3 aromatic carbocycles. The molecule has 0 aliphatic heterocycles. The van der Waals surface area contributed by atoms with Gasteiger partial charge in [0.1, 0.15) is 12.4 Å². The highest BCUT2D eigenvalue weighted by atomic mass is 19.1. The van der Waals surface area contributed by atoms with Crippen molar-refractivity contribution in [1.82, 2.24) is 0 Å². The minimum Gasteiger partial charge on any atom is -0.457 e. The number of hydrogen-bond acceptors (Lipinski definition) is 3. The molecule has 1 N–H and O–H groups in total. The molecule has 4 heteroatoms. The molecule has 0 bridgehead atoms. The van der Waals surface area contributed by atoms with Gasteiger partial charge in [0.15, 0.2) is 0 Å². The second-order valence-corrected chi connectivity index (χ2v) is 6.87. The fraction of sp³-hybridized carbons (Fsp3) is 0.160. The van der Waals surface area contributed by atoms with Crippen LogP contribution in [0.5, 0.6) is 0 Å². The van der Waals surface area contributed by atoms with Gasteiger partial charge < -0.3 is 9.84 Å². The molecule has 3 rings (SSSR count). The van der Waals surface area contributed by atoms with Crippen LogP contribution in [0.2, 0.25) is 0 Å². The largest absolute Gasteiger partial charge is 0.457 e. The number of benzene rings is 3. The van der Waals surface area contributed by atoms with Gasteiger partial charge in [-0.1, -0.05) is 61.2 Å². The van der Waals surface area contributed by atoms with E-state index in [9.17, 15) is 14.3 Å². The summed E-state index contributed by atoms with van der Waals surface area (Å²) in [7, 11) is 0. The first-order chi connectivity index (χ1) is 14.0. The summed E-state index contributed by atoms with van der Waals surface area (Å²) in [4.78, 5) is 11.7. The van der Waals surface area contributed by atoms with E-state index in [1.165, 1.54) is 6.07 Å². The standard InChI is InChI=1S/C25H23FO3/c1-17(2)25(28)29-16-22-15-21(12-9-19(22)13-14-27)18-7-10-20(11-8-18)23-5-3-4-6-24(23)26/h3-12,15,27H,1,13-14,16H2,2H3. The Labute approximate surface area is 170 Å². The van der Waals surface area contributed by atoms with Crippen LogP contribution >= 0.6 is 0 Å². The molecule has 0 amide bonds. The number of aliphatic hydroxyl groups excluding tert-OH is 1. The summed E-state index contributed by atoms with van der Waals surface area (Å²) in [5, 5.41) is 9.30. The van der Waals surface area contributed by atoms with Gasteiger partial charge in [0, 0.05) is 17.7 Å². The second-order valence-electron chi connectivity index (χ2n) is 6.87. The van der Waals surface area contributed by atoms with Crippen LogP contribution in [0.3, 0.4) is 0 Å². The molecule has 0 radical (unpaired) electrons. The quantitative estimate of drug-likeness (QED) is 0.439. The fourth-order valence-electron chi connectivity index (χ4n) is 3.11. The van der Waals surface area contributed by atoms with E-state index >= 15 is 0 Å². The molecule has 0 aliphatic rings. The minimum absolute atomic E-state index is 0.0120. The number of rotatable bonds is 7. The average molecular weight is 390 g/mol. The zero-order valence-corrected chi connectivity index (χ0v) is 16.3. The topological polar surface area (TPSA) is 46.5 Å². The van der Waals surface area contributed by atoms with Crippen molar-refractivity contribution < 1.29 is 19.0 Å². The van der Waals surface area contributed by atoms with Crippen LogP contribution in [-0.2, 0) is 22.6 Å². The molecule has 0 unspecified atom stereocenters. The molecule has 0 saturated carbocycles. The van der Waals surface area contributed by atoms with E-state index in [0.717, 1.165) is 27.8 Å². The minimum atomic E-state index is -0.445. The molecule has 3 aromatic rings. The molecule has 0 atom stereocenters. The van der Waals surface area contributed by atoms with E-state index in [1.54, 1.807) is 19.1 Å². The van der Waals surface area contributed by atoms with Crippen molar-refractivity contribution in [2.24, 2.45) is 0 Å². The zero-order chi connectivity index (χ0) is 20.8. The van der Waals surface area contributed by atoms with Crippen LogP contribution in [0.1, 0.15) is 18.1 Å². The predicted octanol–water partition coefficient (Wildman–Crippen LogP) is 5.31. The van der Waals surface area contributed by atoms with E-state index in [2.05, 4.69) is 6.58 Å². The van der Waals surface area contributed by atoms with Crippen LogP contribution in [0.4, 0.5) is 4.39 Å². The molecule has 29 heavy (non-hydrogen) atoms. The maximum atomic E-state index is 14.0. The number of carbonyl (C=O) groups excluding carboxylic acids is 1. The van der Waals surface area contributed by atoms with E-state index in [1.807, 2.05) is 48.5 Å². The predicted molar refractivity (Wildman–Crippen MR) is 113 cm³/mol. The van der Waals surface area contributed by atoms with Crippen LogP contribution < -0.4 is 0 Å². The second kappa shape index (κ2) is 9.30. The highest BCUT2D eigenvalue weighted by molar-refractivity contribution is 5.87. The molecule has 0 aliphatic carbocycles. The number of hydrogen-bond donors (Lipinski definition) is 1.